The second-order valence-corrected chi connectivity index (χ2v) is 5.45. The largest absolute Gasteiger partial charge is 0.374 e. The lowest BCUT2D eigenvalue weighted by molar-refractivity contribution is -0.0561. The molecule has 0 spiro atoms. The van der Waals surface area contributed by atoms with Crippen molar-refractivity contribution in [1.29, 1.82) is 0 Å². The molecule has 0 aliphatic rings. The summed E-state index contributed by atoms with van der Waals surface area (Å²) in [4.78, 5) is 0. The Hall–Kier alpha value is -0.860. The highest BCUT2D eigenvalue weighted by atomic mass is 16.5. The molecular weight excluding hydrogens is 234 g/mol. The maximum Gasteiger partial charge on any atom is 0.0845 e. The minimum atomic E-state index is -0.163. The lowest BCUT2D eigenvalue weighted by Crippen LogP contribution is -2.44. The number of nitrogens with one attached hydrogen (secondary N) is 1. The highest BCUT2D eigenvalue weighted by Gasteiger charge is 2.34. The molecule has 0 aliphatic heterocycles. The molecule has 0 heterocycles. The Morgan fingerprint density at radius 2 is 1.89 bits per heavy atom. The second-order valence-electron chi connectivity index (χ2n) is 5.45. The molecule has 0 saturated carbocycles. The minimum absolute atomic E-state index is 0.163. The molecular formula is C17H29NO. The van der Waals surface area contributed by atoms with E-state index >= 15 is 0 Å². The number of benzene rings is 1. The Labute approximate surface area is 118 Å². The highest BCUT2D eigenvalue weighted by Crippen LogP contribution is 2.34. The van der Waals surface area contributed by atoms with E-state index in [-0.39, 0.29) is 11.6 Å². The van der Waals surface area contributed by atoms with Crippen LogP contribution < -0.4 is 5.32 Å². The summed E-state index contributed by atoms with van der Waals surface area (Å²) < 4.78 is 6.08. The predicted octanol–water partition coefficient (Wildman–Crippen LogP) is 4.16. The lowest BCUT2D eigenvalue weighted by Gasteiger charge is -2.38. The Bertz CT molecular complexity index is 402. The summed E-state index contributed by atoms with van der Waals surface area (Å²) in [5, 5.41) is 3.62. The summed E-state index contributed by atoms with van der Waals surface area (Å²) >= 11 is 0. The van der Waals surface area contributed by atoms with Crippen molar-refractivity contribution in [1.82, 2.24) is 5.32 Å². The topological polar surface area (TPSA) is 21.3 Å². The zero-order valence-electron chi connectivity index (χ0n) is 13.3. The van der Waals surface area contributed by atoms with E-state index in [1.807, 2.05) is 0 Å². The standard InChI is InChI=1S/C17H29NO/c1-7-17(6,19-9-3)16(18-8-2)15-12-13(4)10-11-14(15)5/h10-12,16,18H,7-9H2,1-6H3. The molecule has 0 radical (unpaired) electrons. The molecule has 2 heteroatoms. The van der Waals surface area contributed by atoms with Gasteiger partial charge in [0.1, 0.15) is 0 Å². The molecule has 0 saturated heterocycles. The molecule has 1 rings (SSSR count). The average Bonchev–Trinajstić information content (AvgIpc) is 2.39. The van der Waals surface area contributed by atoms with Crippen molar-refractivity contribution in [2.24, 2.45) is 0 Å². The van der Waals surface area contributed by atoms with Crippen LogP contribution in [0.25, 0.3) is 0 Å². The first-order valence-corrected chi connectivity index (χ1v) is 7.43. The van der Waals surface area contributed by atoms with Crippen LogP contribution in [0.2, 0.25) is 0 Å². The number of hydrogen-bond donors (Lipinski definition) is 1. The molecule has 1 N–H and O–H groups in total. The zero-order valence-corrected chi connectivity index (χ0v) is 13.3. The third kappa shape index (κ3) is 3.80. The van der Waals surface area contributed by atoms with Gasteiger partial charge in [0, 0.05) is 6.61 Å². The summed E-state index contributed by atoms with van der Waals surface area (Å²) in [6.07, 6.45) is 0.992. The summed E-state index contributed by atoms with van der Waals surface area (Å²) in [6, 6.07) is 6.90. The third-order valence-electron chi connectivity index (χ3n) is 3.94. The van der Waals surface area contributed by atoms with Crippen LogP contribution in [0.15, 0.2) is 18.2 Å². The molecule has 2 nitrogen and oxygen atoms in total. The average molecular weight is 263 g/mol. The van der Waals surface area contributed by atoms with E-state index in [1.54, 1.807) is 0 Å². The van der Waals surface area contributed by atoms with Gasteiger partial charge in [0.2, 0.25) is 0 Å². The molecule has 0 fully saturated rings. The maximum atomic E-state index is 6.08. The van der Waals surface area contributed by atoms with Crippen LogP contribution in [0.5, 0.6) is 0 Å². The van der Waals surface area contributed by atoms with Crippen molar-refractivity contribution >= 4 is 0 Å². The maximum absolute atomic E-state index is 6.08. The summed E-state index contributed by atoms with van der Waals surface area (Å²) in [7, 11) is 0. The van der Waals surface area contributed by atoms with Gasteiger partial charge in [-0.25, -0.2) is 0 Å². The molecule has 19 heavy (non-hydrogen) atoms. The SMILES string of the molecule is CCNC(c1cc(C)ccc1C)C(C)(CC)OCC. The van der Waals surface area contributed by atoms with Crippen LogP contribution >= 0.6 is 0 Å². The molecule has 2 atom stereocenters. The molecule has 0 amide bonds. The zero-order chi connectivity index (χ0) is 14.5. The van der Waals surface area contributed by atoms with Gasteiger partial charge in [-0.05, 0) is 51.8 Å². The third-order valence-corrected chi connectivity index (χ3v) is 3.94. The summed E-state index contributed by atoms with van der Waals surface area (Å²) in [5.41, 5.74) is 3.83. The van der Waals surface area contributed by atoms with Gasteiger partial charge in [-0.1, -0.05) is 37.6 Å². The van der Waals surface area contributed by atoms with Gasteiger partial charge in [0.15, 0.2) is 0 Å². The van der Waals surface area contributed by atoms with Crippen LogP contribution in [0.1, 0.15) is 56.8 Å². The lowest BCUT2D eigenvalue weighted by atomic mass is 9.85. The first-order valence-electron chi connectivity index (χ1n) is 7.43. The van der Waals surface area contributed by atoms with Crippen molar-refractivity contribution in [3.05, 3.63) is 34.9 Å². The number of rotatable bonds is 7. The van der Waals surface area contributed by atoms with Gasteiger partial charge in [-0.15, -0.1) is 0 Å². The van der Waals surface area contributed by atoms with E-state index < -0.39 is 0 Å². The van der Waals surface area contributed by atoms with E-state index in [9.17, 15) is 0 Å². The smallest absolute Gasteiger partial charge is 0.0845 e. The van der Waals surface area contributed by atoms with E-state index in [4.69, 9.17) is 4.74 Å². The quantitative estimate of drug-likeness (QED) is 0.797. The molecule has 0 aliphatic carbocycles. The van der Waals surface area contributed by atoms with Crippen molar-refractivity contribution in [3.8, 4) is 0 Å². The first kappa shape index (κ1) is 16.2. The summed E-state index contributed by atoms with van der Waals surface area (Å²) in [5.74, 6) is 0. The fourth-order valence-corrected chi connectivity index (χ4v) is 2.65. The first-order chi connectivity index (χ1) is 8.98. The molecule has 0 bridgehead atoms. The van der Waals surface area contributed by atoms with E-state index in [2.05, 4.69) is 65.1 Å². The van der Waals surface area contributed by atoms with Crippen LogP contribution in [0.3, 0.4) is 0 Å². The fraction of sp³-hybridized carbons (Fsp3) is 0.647. The number of likely N-dealkylation sites (N-methyl/N-ethyl adjacent to an activating group) is 1. The van der Waals surface area contributed by atoms with Crippen molar-refractivity contribution in [2.45, 2.75) is 59.6 Å². The van der Waals surface area contributed by atoms with Gasteiger partial charge < -0.3 is 10.1 Å². The fourth-order valence-electron chi connectivity index (χ4n) is 2.65. The van der Waals surface area contributed by atoms with Crippen molar-refractivity contribution < 1.29 is 4.74 Å². The van der Waals surface area contributed by atoms with Gasteiger partial charge in [0.05, 0.1) is 11.6 Å². The number of hydrogen-bond acceptors (Lipinski definition) is 2. The minimum Gasteiger partial charge on any atom is -0.374 e. The Morgan fingerprint density at radius 1 is 1.21 bits per heavy atom. The normalized spacial score (nSPS) is 16.1. The van der Waals surface area contributed by atoms with Crippen LogP contribution in [-0.4, -0.2) is 18.8 Å². The van der Waals surface area contributed by atoms with E-state index in [0.29, 0.717) is 0 Å². The Morgan fingerprint density at radius 3 is 2.42 bits per heavy atom. The molecule has 108 valence electrons. The Balaban J connectivity index is 3.21. The van der Waals surface area contributed by atoms with Crippen molar-refractivity contribution in [3.63, 3.8) is 0 Å². The molecule has 1 aromatic carbocycles. The van der Waals surface area contributed by atoms with E-state index in [1.165, 1.54) is 16.7 Å². The number of ether oxygens (including phenoxy) is 1. The molecule has 0 aromatic heterocycles. The van der Waals surface area contributed by atoms with Gasteiger partial charge in [-0.2, -0.15) is 0 Å². The summed E-state index contributed by atoms with van der Waals surface area (Å²) in [6.45, 7) is 14.7. The van der Waals surface area contributed by atoms with Crippen LogP contribution in [0.4, 0.5) is 0 Å². The predicted molar refractivity (Wildman–Crippen MR) is 82.7 cm³/mol. The highest BCUT2D eigenvalue weighted by molar-refractivity contribution is 5.34. The second kappa shape index (κ2) is 7.06. The van der Waals surface area contributed by atoms with Crippen LogP contribution in [-0.2, 0) is 4.74 Å². The van der Waals surface area contributed by atoms with Gasteiger partial charge in [0.25, 0.3) is 0 Å². The van der Waals surface area contributed by atoms with Gasteiger partial charge >= 0.3 is 0 Å². The van der Waals surface area contributed by atoms with Crippen LogP contribution in [0, 0.1) is 13.8 Å². The van der Waals surface area contributed by atoms with E-state index in [0.717, 1.165) is 19.6 Å². The molecule has 2 unspecified atom stereocenters. The Kier molecular flexibility index (Phi) is 6.02. The monoisotopic (exact) mass is 263 g/mol. The molecule has 1 aromatic rings. The van der Waals surface area contributed by atoms with Gasteiger partial charge in [-0.3, -0.25) is 0 Å². The number of aryl methyl sites for hydroxylation is 2. The van der Waals surface area contributed by atoms with Crippen molar-refractivity contribution in [2.75, 3.05) is 13.2 Å².